The average molecular weight is 275 g/mol. The number of amides is 4. The van der Waals surface area contributed by atoms with Gasteiger partial charge < -0.3 is 0 Å². The van der Waals surface area contributed by atoms with Gasteiger partial charge in [-0.15, -0.1) is 0 Å². The summed E-state index contributed by atoms with van der Waals surface area (Å²) in [6, 6.07) is 2.37. The minimum Gasteiger partial charge on any atom is -0.277 e. The van der Waals surface area contributed by atoms with Crippen LogP contribution in [0.15, 0.2) is 24.5 Å². The first-order valence-electron chi connectivity index (χ1n) is 6.51. The lowest BCUT2D eigenvalue weighted by molar-refractivity contribution is -0.145. The van der Waals surface area contributed by atoms with Crippen LogP contribution in [0.4, 0.5) is 4.79 Å². The summed E-state index contributed by atoms with van der Waals surface area (Å²) in [6.07, 6.45) is 3.20. The molecule has 1 aliphatic rings. The highest BCUT2D eigenvalue weighted by Crippen LogP contribution is 2.27. The van der Waals surface area contributed by atoms with Gasteiger partial charge in [-0.2, -0.15) is 0 Å². The number of urea groups is 1. The first-order valence-corrected chi connectivity index (χ1v) is 6.51. The maximum absolute atomic E-state index is 12.4. The maximum atomic E-state index is 12.4. The smallest absolute Gasteiger partial charge is 0.277 e. The molecule has 2 atom stereocenters. The van der Waals surface area contributed by atoms with Gasteiger partial charge in [0.25, 0.3) is 0 Å². The summed E-state index contributed by atoms with van der Waals surface area (Å²) < 4.78 is 0. The molecule has 2 heterocycles. The number of pyridine rings is 1. The second-order valence-corrected chi connectivity index (χ2v) is 5.18. The Morgan fingerprint density at radius 1 is 1.15 bits per heavy atom. The van der Waals surface area contributed by atoms with Crippen LogP contribution in [0.2, 0.25) is 0 Å². The largest absolute Gasteiger partial charge is 0.331 e. The van der Waals surface area contributed by atoms with E-state index in [-0.39, 0.29) is 5.92 Å². The van der Waals surface area contributed by atoms with Crippen molar-refractivity contribution < 1.29 is 14.4 Å². The molecule has 0 bridgehead atoms. The third kappa shape index (κ3) is 2.41. The van der Waals surface area contributed by atoms with E-state index in [2.05, 4.69) is 10.3 Å². The average Bonchev–Trinajstić information content (AvgIpc) is 2.38. The SMILES string of the molecule is CC(C)C1C(=O)NC(=O)N(C(C)c2ccncc2)C1=O. The summed E-state index contributed by atoms with van der Waals surface area (Å²) in [7, 11) is 0. The van der Waals surface area contributed by atoms with Gasteiger partial charge in [0.2, 0.25) is 11.8 Å². The van der Waals surface area contributed by atoms with Crippen LogP contribution in [0, 0.1) is 11.8 Å². The highest BCUT2D eigenvalue weighted by molar-refractivity contribution is 6.16. The van der Waals surface area contributed by atoms with Gasteiger partial charge in [-0.05, 0) is 30.5 Å². The lowest BCUT2D eigenvalue weighted by Crippen LogP contribution is -2.59. The first kappa shape index (κ1) is 14.2. The van der Waals surface area contributed by atoms with Crippen LogP contribution in [0.3, 0.4) is 0 Å². The standard InChI is InChI=1S/C14H17N3O3/c1-8(2)11-12(18)16-14(20)17(13(11)19)9(3)10-4-6-15-7-5-10/h4-9,11H,1-3H3,(H,16,18,20). The van der Waals surface area contributed by atoms with Crippen molar-refractivity contribution in [1.82, 2.24) is 15.2 Å². The zero-order valence-electron chi connectivity index (χ0n) is 11.7. The molecule has 0 aliphatic carbocycles. The number of rotatable bonds is 3. The van der Waals surface area contributed by atoms with Gasteiger partial charge in [-0.1, -0.05) is 13.8 Å². The van der Waals surface area contributed by atoms with E-state index in [0.717, 1.165) is 10.5 Å². The summed E-state index contributed by atoms with van der Waals surface area (Å²) in [5, 5.41) is 2.25. The van der Waals surface area contributed by atoms with E-state index < -0.39 is 29.8 Å². The van der Waals surface area contributed by atoms with E-state index in [0.29, 0.717) is 0 Å². The Morgan fingerprint density at radius 2 is 1.75 bits per heavy atom. The van der Waals surface area contributed by atoms with E-state index in [4.69, 9.17) is 0 Å². The molecule has 2 rings (SSSR count). The second kappa shape index (κ2) is 5.40. The number of carbonyl (C=O) groups is 3. The number of nitrogens with one attached hydrogen (secondary N) is 1. The molecule has 0 aromatic carbocycles. The molecule has 6 nitrogen and oxygen atoms in total. The normalized spacial score (nSPS) is 21.1. The lowest BCUT2D eigenvalue weighted by atomic mass is 9.91. The Kier molecular flexibility index (Phi) is 3.83. The van der Waals surface area contributed by atoms with Gasteiger partial charge in [0.1, 0.15) is 5.92 Å². The molecule has 0 saturated carbocycles. The summed E-state index contributed by atoms with van der Waals surface area (Å²) in [5.41, 5.74) is 0.792. The minimum absolute atomic E-state index is 0.164. The van der Waals surface area contributed by atoms with E-state index in [1.165, 1.54) is 0 Å². The van der Waals surface area contributed by atoms with Crippen molar-refractivity contribution in [2.75, 3.05) is 0 Å². The van der Waals surface area contributed by atoms with Gasteiger partial charge in [-0.3, -0.25) is 24.8 Å². The Bertz CT molecular complexity index is 542. The van der Waals surface area contributed by atoms with Crippen LogP contribution in [0.25, 0.3) is 0 Å². The Morgan fingerprint density at radius 3 is 2.30 bits per heavy atom. The number of nitrogens with zero attached hydrogens (tertiary/aromatic N) is 2. The van der Waals surface area contributed by atoms with Crippen molar-refractivity contribution >= 4 is 17.8 Å². The highest BCUT2D eigenvalue weighted by Gasteiger charge is 2.44. The van der Waals surface area contributed by atoms with Gasteiger partial charge >= 0.3 is 6.03 Å². The van der Waals surface area contributed by atoms with E-state index in [1.54, 1.807) is 45.3 Å². The summed E-state index contributed by atoms with van der Waals surface area (Å²) >= 11 is 0. The predicted molar refractivity (Wildman–Crippen MR) is 71.4 cm³/mol. The Balaban J connectivity index is 2.32. The van der Waals surface area contributed by atoms with E-state index in [1.807, 2.05) is 0 Å². The van der Waals surface area contributed by atoms with E-state index >= 15 is 0 Å². The number of barbiturate groups is 1. The van der Waals surface area contributed by atoms with Crippen LogP contribution in [0.5, 0.6) is 0 Å². The quantitative estimate of drug-likeness (QED) is 0.848. The van der Waals surface area contributed by atoms with Crippen LogP contribution in [-0.2, 0) is 9.59 Å². The highest BCUT2D eigenvalue weighted by atomic mass is 16.2. The van der Waals surface area contributed by atoms with Crippen molar-refractivity contribution in [3.63, 3.8) is 0 Å². The summed E-state index contributed by atoms with van der Waals surface area (Å²) in [4.78, 5) is 41.2. The number of aromatic nitrogens is 1. The Hall–Kier alpha value is -2.24. The van der Waals surface area contributed by atoms with Crippen molar-refractivity contribution in [1.29, 1.82) is 0 Å². The molecule has 2 unspecified atom stereocenters. The van der Waals surface area contributed by atoms with Crippen LogP contribution >= 0.6 is 0 Å². The molecule has 106 valence electrons. The molecule has 0 spiro atoms. The second-order valence-electron chi connectivity index (χ2n) is 5.18. The number of carbonyl (C=O) groups excluding carboxylic acids is 3. The molecule has 4 amide bonds. The van der Waals surface area contributed by atoms with Crippen molar-refractivity contribution in [2.24, 2.45) is 11.8 Å². The number of hydrogen-bond donors (Lipinski definition) is 1. The van der Waals surface area contributed by atoms with Crippen molar-refractivity contribution in [2.45, 2.75) is 26.8 Å². The molecule has 20 heavy (non-hydrogen) atoms. The molecule has 1 saturated heterocycles. The zero-order chi connectivity index (χ0) is 14.9. The topological polar surface area (TPSA) is 79.4 Å². The molecular weight excluding hydrogens is 258 g/mol. The Labute approximate surface area is 117 Å². The minimum atomic E-state index is -0.822. The predicted octanol–water partition coefficient (Wildman–Crippen LogP) is 1.49. The molecule has 0 radical (unpaired) electrons. The molecule has 1 N–H and O–H groups in total. The van der Waals surface area contributed by atoms with Crippen LogP contribution in [0.1, 0.15) is 32.4 Å². The third-order valence-corrected chi connectivity index (χ3v) is 3.48. The fraction of sp³-hybridized carbons (Fsp3) is 0.429. The fourth-order valence-electron chi connectivity index (χ4n) is 2.35. The van der Waals surface area contributed by atoms with Gasteiger partial charge in [-0.25, -0.2) is 4.79 Å². The molecule has 1 aliphatic heterocycles. The maximum Gasteiger partial charge on any atom is 0.331 e. The molecule has 6 heteroatoms. The van der Waals surface area contributed by atoms with E-state index in [9.17, 15) is 14.4 Å². The molecule has 1 fully saturated rings. The van der Waals surface area contributed by atoms with Crippen molar-refractivity contribution in [3.05, 3.63) is 30.1 Å². The van der Waals surface area contributed by atoms with Gasteiger partial charge in [0, 0.05) is 12.4 Å². The molecule has 1 aromatic rings. The van der Waals surface area contributed by atoms with Crippen molar-refractivity contribution in [3.8, 4) is 0 Å². The van der Waals surface area contributed by atoms with Gasteiger partial charge in [0.05, 0.1) is 6.04 Å². The third-order valence-electron chi connectivity index (χ3n) is 3.48. The van der Waals surface area contributed by atoms with Crippen LogP contribution in [-0.4, -0.2) is 27.7 Å². The number of imide groups is 2. The first-order chi connectivity index (χ1) is 9.43. The number of hydrogen-bond acceptors (Lipinski definition) is 4. The monoisotopic (exact) mass is 275 g/mol. The van der Waals surface area contributed by atoms with Gasteiger partial charge in [0.15, 0.2) is 0 Å². The zero-order valence-corrected chi connectivity index (χ0v) is 11.7. The lowest BCUT2D eigenvalue weighted by Gasteiger charge is -2.35. The fourth-order valence-corrected chi connectivity index (χ4v) is 2.35. The van der Waals surface area contributed by atoms with Crippen LogP contribution < -0.4 is 5.32 Å². The molecule has 1 aromatic heterocycles. The summed E-state index contributed by atoms with van der Waals surface area (Å²) in [5.74, 6) is -1.95. The summed E-state index contributed by atoms with van der Waals surface area (Å²) in [6.45, 7) is 5.32. The molecular formula is C14H17N3O3.